The van der Waals surface area contributed by atoms with E-state index in [1.807, 2.05) is 18.2 Å². The third kappa shape index (κ3) is 3.85. The van der Waals surface area contributed by atoms with Gasteiger partial charge < -0.3 is 19.9 Å². The molecule has 23 heavy (non-hydrogen) atoms. The van der Waals surface area contributed by atoms with Gasteiger partial charge in [0, 0.05) is 12.0 Å². The van der Waals surface area contributed by atoms with Crippen molar-refractivity contribution in [3.63, 3.8) is 0 Å². The summed E-state index contributed by atoms with van der Waals surface area (Å²) in [6.07, 6.45) is 1.38. The summed E-state index contributed by atoms with van der Waals surface area (Å²) in [5.41, 5.74) is 6.49. The molecule has 1 amide bonds. The minimum atomic E-state index is -0.633. The number of amides is 1. The lowest BCUT2D eigenvalue weighted by Crippen LogP contribution is -2.26. The molecule has 1 saturated heterocycles. The quantitative estimate of drug-likeness (QED) is 0.825. The van der Waals surface area contributed by atoms with Crippen LogP contribution in [0.2, 0.25) is 0 Å². The Labute approximate surface area is 132 Å². The highest BCUT2D eigenvalue weighted by Gasteiger charge is 2.16. The molecule has 122 valence electrons. The van der Waals surface area contributed by atoms with Gasteiger partial charge in [0.15, 0.2) is 12.0 Å². The first kappa shape index (κ1) is 15.4. The van der Waals surface area contributed by atoms with E-state index in [2.05, 4.69) is 15.4 Å². The number of benzene rings is 1. The summed E-state index contributed by atoms with van der Waals surface area (Å²) >= 11 is 0. The third-order valence-corrected chi connectivity index (χ3v) is 3.41. The van der Waals surface area contributed by atoms with Gasteiger partial charge in [-0.25, -0.2) is 0 Å². The highest BCUT2D eigenvalue weighted by atomic mass is 16.7. The summed E-state index contributed by atoms with van der Waals surface area (Å²) in [4.78, 5) is 11.3. The van der Waals surface area contributed by atoms with Gasteiger partial charge >= 0.3 is 0 Å². The van der Waals surface area contributed by atoms with Gasteiger partial charge in [0.05, 0.1) is 19.8 Å². The van der Waals surface area contributed by atoms with Crippen LogP contribution in [-0.4, -0.2) is 47.4 Å². The predicted octanol–water partition coefficient (Wildman–Crippen LogP) is 1.10. The van der Waals surface area contributed by atoms with Crippen LogP contribution in [0.1, 0.15) is 23.3 Å². The lowest BCUT2D eigenvalue weighted by molar-refractivity contribution is -0.183. The zero-order chi connectivity index (χ0) is 16.1. The molecule has 2 heterocycles. The third-order valence-electron chi connectivity index (χ3n) is 3.41. The fraction of sp³-hybridized carbons (Fsp3) is 0.400. The molecule has 0 radical (unpaired) electrons. The molecule has 1 aliphatic rings. The second-order valence-electron chi connectivity index (χ2n) is 5.07. The molecule has 1 aromatic heterocycles. The number of aromatic nitrogens is 3. The van der Waals surface area contributed by atoms with Crippen molar-refractivity contribution < 1.29 is 19.0 Å². The number of carbonyl (C=O) groups excluding carboxylic acids is 1. The van der Waals surface area contributed by atoms with Crippen LogP contribution >= 0.6 is 0 Å². The van der Waals surface area contributed by atoms with Crippen LogP contribution in [-0.2, 0) is 9.47 Å². The number of hydrogen-bond donors (Lipinski definition) is 2. The smallest absolute Gasteiger partial charge is 0.271 e. The Morgan fingerprint density at radius 1 is 1.35 bits per heavy atom. The maximum absolute atomic E-state index is 11.3. The monoisotopic (exact) mass is 318 g/mol. The maximum Gasteiger partial charge on any atom is 0.271 e. The Morgan fingerprint density at radius 2 is 2.17 bits per heavy atom. The lowest BCUT2D eigenvalue weighted by Gasteiger charge is -2.23. The standard InChI is InChI=1S/C15H18N4O4/c16-15(20)14-13(17-19-18-14)10-3-1-4-11(9-10)21-8-5-12-22-6-2-7-23-12/h1,3-4,9,12H,2,5-8H2,(H2,16,20)(H,17,18,19). The lowest BCUT2D eigenvalue weighted by atomic mass is 10.1. The molecule has 3 rings (SSSR count). The molecule has 1 aliphatic heterocycles. The van der Waals surface area contributed by atoms with E-state index in [0.717, 1.165) is 19.6 Å². The highest BCUT2D eigenvalue weighted by molar-refractivity contribution is 5.96. The molecule has 1 aromatic carbocycles. The largest absolute Gasteiger partial charge is 0.493 e. The van der Waals surface area contributed by atoms with Gasteiger partial charge in [0.25, 0.3) is 5.91 Å². The van der Waals surface area contributed by atoms with Crippen LogP contribution in [0, 0.1) is 0 Å². The molecule has 0 saturated carbocycles. The number of ether oxygens (including phenoxy) is 3. The van der Waals surface area contributed by atoms with Gasteiger partial charge in [-0.1, -0.05) is 12.1 Å². The fourth-order valence-corrected chi connectivity index (χ4v) is 2.31. The topological polar surface area (TPSA) is 112 Å². The van der Waals surface area contributed by atoms with Gasteiger partial charge in [-0.2, -0.15) is 15.4 Å². The zero-order valence-electron chi connectivity index (χ0n) is 12.5. The van der Waals surface area contributed by atoms with Gasteiger partial charge in [0.1, 0.15) is 11.4 Å². The van der Waals surface area contributed by atoms with Crippen LogP contribution < -0.4 is 10.5 Å². The van der Waals surface area contributed by atoms with E-state index < -0.39 is 5.91 Å². The van der Waals surface area contributed by atoms with E-state index in [4.69, 9.17) is 19.9 Å². The maximum atomic E-state index is 11.3. The highest BCUT2D eigenvalue weighted by Crippen LogP contribution is 2.24. The summed E-state index contributed by atoms with van der Waals surface area (Å²) in [6, 6.07) is 7.24. The Bertz CT molecular complexity index is 667. The van der Waals surface area contributed by atoms with Crippen molar-refractivity contribution in [3.05, 3.63) is 30.0 Å². The summed E-state index contributed by atoms with van der Waals surface area (Å²) in [6.45, 7) is 1.92. The fourth-order valence-electron chi connectivity index (χ4n) is 2.31. The molecule has 0 bridgehead atoms. The number of aromatic amines is 1. The number of nitrogens with one attached hydrogen (secondary N) is 1. The van der Waals surface area contributed by atoms with Crippen molar-refractivity contribution in [2.45, 2.75) is 19.1 Å². The van der Waals surface area contributed by atoms with Gasteiger partial charge in [-0.3, -0.25) is 4.79 Å². The second kappa shape index (κ2) is 7.21. The van der Waals surface area contributed by atoms with E-state index >= 15 is 0 Å². The van der Waals surface area contributed by atoms with Crippen LogP contribution in [0.3, 0.4) is 0 Å². The first-order chi connectivity index (χ1) is 11.2. The molecule has 0 unspecified atom stereocenters. The number of nitrogens with two attached hydrogens (primary N) is 1. The van der Waals surface area contributed by atoms with Crippen molar-refractivity contribution in [1.29, 1.82) is 0 Å². The molecule has 8 heteroatoms. The summed E-state index contributed by atoms with van der Waals surface area (Å²) in [7, 11) is 0. The average molecular weight is 318 g/mol. The van der Waals surface area contributed by atoms with Crippen molar-refractivity contribution in [2.75, 3.05) is 19.8 Å². The average Bonchev–Trinajstić information content (AvgIpc) is 3.06. The number of rotatable bonds is 6. The Balaban J connectivity index is 1.63. The summed E-state index contributed by atoms with van der Waals surface area (Å²) in [5, 5.41) is 10.1. The molecule has 1 fully saturated rings. The minimum absolute atomic E-state index is 0.103. The number of hydrogen-bond acceptors (Lipinski definition) is 6. The van der Waals surface area contributed by atoms with E-state index in [1.165, 1.54) is 0 Å². The predicted molar refractivity (Wildman–Crippen MR) is 80.8 cm³/mol. The number of nitrogens with zero attached hydrogens (tertiary/aromatic N) is 2. The molecular weight excluding hydrogens is 300 g/mol. The van der Waals surface area contributed by atoms with Crippen molar-refractivity contribution in [3.8, 4) is 17.0 Å². The molecule has 0 aliphatic carbocycles. The molecule has 0 spiro atoms. The minimum Gasteiger partial charge on any atom is -0.493 e. The summed E-state index contributed by atoms with van der Waals surface area (Å²) < 4.78 is 16.6. The van der Waals surface area contributed by atoms with Crippen LogP contribution in [0.15, 0.2) is 24.3 Å². The van der Waals surface area contributed by atoms with Crippen LogP contribution in [0.25, 0.3) is 11.3 Å². The first-order valence-electron chi connectivity index (χ1n) is 7.41. The molecule has 8 nitrogen and oxygen atoms in total. The number of primary amides is 1. The van der Waals surface area contributed by atoms with Crippen LogP contribution in [0.4, 0.5) is 0 Å². The van der Waals surface area contributed by atoms with Crippen LogP contribution in [0.5, 0.6) is 5.75 Å². The molecular formula is C15H18N4O4. The van der Waals surface area contributed by atoms with Gasteiger partial charge in [0.2, 0.25) is 0 Å². The molecule has 2 aromatic rings. The Hall–Kier alpha value is -2.45. The normalized spacial score (nSPS) is 15.5. The van der Waals surface area contributed by atoms with E-state index in [1.54, 1.807) is 6.07 Å². The molecule has 0 atom stereocenters. The number of H-pyrrole nitrogens is 1. The van der Waals surface area contributed by atoms with Crippen molar-refractivity contribution in [2.24, 2.45) is 5.73 Å². The Kier molecular flexibility index (Phi) is 4.84. The van der Waals surface area contributed by atoms with Gasteiger partial charge in [-0.05, 0) is 18.6 Å². The van der Waals surface area contributed by atoms with E-state index in [0.29, 0.717) is 30.0 Å². The van der Waals surface area contributed by atoms with E-state index in [-0.39, 0.29) is 12.0 Å². The van der Waals surface area contributed by atoms with E-state index in [9.17, 15) is 4.79 Å². The first-order valence-corrected chi connectivity index (χ1v) is 7.41. The Morgan fingerprint density at radius 3 is 2.96 bits per heavy atom. The number of carbonyl (C=O) groups is 1. The van der Waals surface area contributed by atoms with Crippen molar-refractivity contribution >= 4 is 5.91 Å². The van der Waals surface area contributed by atoms with Gasteiger partial charge in [-0.15, -0.1) is 0 Å². The molecule has 3 N–H and O–H groups in total. The zero-order valence-corrected chi connectivity index (χ0v) is 12.5. The second-order valence-corrected chi connectivity index (χ2v) is 5.07. The van der Waals surface area contributed by atoms with Crippen molar-refractivity contribution in [1.82, 2.24) is 15.4 Å². The SMILES string of the molecule is NC(=O)c1n[nH]nc1-c1cccc(OCCC2OCCCO2)c1. The summed E-state index contributed by atoms with van der Waals surface area (Å²) in [5.74, 6) is 0.0309.